The highest BCUT2D eigenvalue weighted by molar-refractivity contribution is 7.16. The van der Waals surface area contributed by atoms with Gasteiger partial charge in [-0.1, -0.05) is 13.8 Å². The number of thiophene rings is 1. The van der Waals surface area contributed by atoms with Gasteiger partial charge in [0.15, 0.2) is 6.61 Å². The summed E-state index contributed by atoms with van der Waals surface area (Å²) in [4.78, 5) is 38.8. The number of aryl methyl sites for hydroxylation is 1. The monoisotopic (exact) mass is 366 g/mol. The Balaban J connectivity index is 2.03. The summed E-state index contributed by atoms with van der Waals surface area (Å²) in [6.45, 7) is 10.5. The number of carbonyl (C=O) groups excluding carboxylic acids is 3. The molecule has 2 amide bonds. The van der Waals surface area contributed by atoms with Crippen LogP contribution in [0.25, 0.3) is 0 Å². The topological polar surface area (TPSA) is 75.7 Å². The molecule has 0 aromatic carbocycles. The molecule has 25 heavy (non-hydrogen) atoms. The largest absolute Gasteiger partial charge is 0.452 e. The van der Waals surface area contributed by atoms with Gasteiger partial charge in [-0.15, -0.1) is 11.3 Å². The Kier molecular flexibility index (Phi) is 6.21. The smallest absolute Gasteiger partial charge is 0.341 e. The summed E-state index contributed by atoms with van der Waals surface area (Å²) in [5.41, 5.74) is 1.11. The van der Waals surface area contributed by atoms with Gasteiger partial charge in [0, 0.05) is 24.9 Å². The summed E-state index contributed by atoms with van der Waals surface area (Å²) < 4.78 is 5.26. The standard InChI is InChI=1S/C18H26N2O4S/c1-10-6-11(2)8-20(7-10)15(22)9-24-18(23)16-12(3)13(4)25-17(16)19-14(5)21/h10-11H,6-9H2,1-5H3,(H,19,21)/t10-,11+. The molecule has 2 heterocycles. The number of likely N-dealkylation sites (tertiary alicyclic amines) is 1. The first-order chi connectivity index (χ1) is 11.7. The average molecular weight is 366 g/mol. The van der Waals surface area contributed by atoms with Crippen LogP contribution in [0.15, 0.2) is 0 Å². The van der Waals surface area contributed by atoms with E-state index in [9.17, 15) is 14.4 Å². The van der Waals surface area contributed by atoms with Crippen LogP contribution < -0.4 is 5.32 Å². The van der Waals surface area contributed by atoms with Crippen LogP contribution >= 0.6 is 11.3 Å². The number of amides is 2. The lowest BCUT2D eigenvalue weighted by molar-refractivity contribution is -0.137. The van der Waals surface area contributed by atoms with E-state index in [1.165, 1.54) is 18.3 Å². The minimum atomic E-state index is -0.572. The van der Waals surface area contributed by atoms with Crippen LogP contribution in [0.5, 0.6) is 0 Å². The highest BCUT2D eigenvalue weighted by atomic mass is 32.1. The van der Waals surface area contributed by atoms with Gasteiger partial charge in [-0.2, -0.15) is 0 Å². The van der Waals surface area contributed by atoms with E-state index in [-0.39, 0.29) is 18.4 Å². The number of anilines is 1. The van der Waals surface area contributed by atoms with Crippen LogP contribution in [0.4, 0.5) is 5.00 Å². The van der Waals surface area contributed by atoms with Crippen LogP contribution in [-0.2, 0) is 14.3 Å². The molecule has 1 saturated heterocycles. The summed E-state index contributed by atoms with van der Waals surface area (Å²) in [5.74, 6) is -0.0785. The fraction of sp³-hybridized carbons (Fsp3) is 0.611. The van der Waals surface area contributed by atoms with Crippen molar-refractivity contribution in [1.29, 1.82) is 0 Å². The van der Waals surface area contributed by atoms with Gasteiger partial charge in [0.25, 0.3) is 5.91 Å². The first-order valence-corrected chi connectivity index (χ1v) is 9.33. The Morgan fingerprint density at radius 3 is 2.36 bits per heavy atom. The quantitative estimate of drug-likeness (QED) is 0.831. The molecule has 1 N–H and O–H groups in total. The van der Waals surface area contributed by atoms with Crippen LogP contribution in [0, 0.1) is 25.7 Å². The number of hydrogen-bond donors (Lipinski definition) is 1. The number of piperidine rings is 1. The van der Waals surface area contributed by atoms with Crippen molar-refractivity contribution < 1.29 is 19.1 Å². The third kappa shape index (κ3) is 4.81. The molecule has 6 nitrogen and oxygen atoms in total. The average Bonchev–Trinajstić information content (AvgIpc) is 2.77. The third-order valence-electron chi connectivity index (χ3n) is 4.43. The van der Waals surface area contributed by atoms with E-state index < -0.39 is 5.97 Å². The molecule has 1 aromatic rings. The van der Waals surface area contributed by atoms with Crippen LogP contribution in [0.3, 0.4) is 0 Å². The Hall–Kier alpha value is -1.89. The molecule has 0 spiro atoms. The third-order valence-corrected chi connectivity index (χ3v) is 5.55. The maximum absolute atomic E-state index is 12.5. The van der Waals surface area contributed by atoms with Gasteiger partial charge < -0.3 is 15.0 Å². The second-order valence-electron chi connectivity index (χ2n) is 6.99. The summed E-state index contributed by atoms with van der Waals surface area (Å²) in [6, 6.07) is 0. The second-order valence-corrected chi connectivity index (χ2v) is 8.21. The first-order valence-electron chi connectivity index (χ1n) is 8.51. The lowest BCUT2D eigenvalue weighted by Crippen LogP contribution is -2.44. The summed E-state index contributed by atoms with van der Waals surface area (Å²) in [7, 11) is 0. The van der Waals surface area contributed by atoms with E-state index in [0.717, 1.165) is 16.9 Å². The van der Waals surface area contributed by atoms with Gasteiger partial charge in [-0.25, -0.2) is 4.79 Å². The maximum atomic E-state index is 12.5. The molecule has 1 aliphatic rings. The van der Waals surface area contributed by atoms with Gasteiger partial charge in [-0.3, -0.25) is 9.59 Å². The molecule has 0 radical (unpaired) electrons. The number of esters is 1. The van der Waals surface area contributed by atoms with E-state index in [1.54, 1.807) is 4.90 Å². The summed E-state index contributed by atoms with van der Waals surface area (Å²) in [6.07, 6.45) is 1.11. The normalized spacial score (nSPS) is 20.3. The fourth-order valence-electron chi connectivity index (χ4n) is 3.28. The zero-order chi connectivity index (χ0) is 18.7. The lowest BCUT2D eigenvalue weighted by Gasteiger charge is -2.34. The SMILES string of the molecule is CC(=O)Nc1sc(C)c(C)c1C(=O)OCC(=O)N1C[C@H](C)C[C@H](C)C1. The first kappa shape index (κ1) is 19.4. The van der Waals surface area contributed by atoms with Crippen molar-refractivity contribution in [3.05, 3.63) is 16.0 Å². The van der Waals surface area contributed by atoms with E-state index in [1.807, 2.05) is 13.8 Å². The Bertz CT molecular complexity index is 673. The molecule has 1 aliphatic heterocycles. The van der Waals surface area contributed by atoms with Crippen molar-refractivity contribution in [1.82, 2.24) is 4.90 Å². The van der Waals surface area contributed by atoms with Gasteiger partial charge >= 0.3 is 5.97 Å². The van der Waals surface area contributed by atoms with Gasteiger partial charge in [0.05, 0.1) is 5.56 Å². The van der Waals surface area contributed by atoms with Crippen molar-refractivity contribution in [2.24, 2.45) is 11.8 Å². The summed E-state index contributed by atoms with van der Waals surface area (Å²) in [5, 5.41) is 3.13. The molecule has 138 valence electrons. The van der Waals surface area contributed by atoms with E-state index in [0.29, 0.717) is 35.5 Å². The van der Waals surface area contributed by atoms with E-state index >= 15 is 0 Å². The van der Waals surface area contributed by atoms with Crippen LogP contribution in [-0.4, -0.2) is 42.4 Å². The lowest BCUT2D eigenvalue weighted by atomic mass is 9.92. The molecule has 7 heteroatoms. The molecule has 1 fully saturated rings. The van der Waals surface area contributed by atoms with Crippen molar-refractivity contribution >= 4 is 34.1 Å². The number of rotatable bonds is 4. The molecule has 2 rings (SSSR count). The molecule has 0 aliphatic carbocycles. The second kappa shape index (κ2) is 7.99. The highest BCUT2D eigenvalue weighted by Crippen LogP contribution is 2.33. The van der Waals surface area contributed by atoms with Crippen molar-refractivity contribution in [3.8, 4) is 0 Å². The zero-order valence-electron chi connectivity index (χ0n) is 15.5. The number of nitrogens with one attached hydrogen (secondary N) is 1. The maximum Gasteiger partial charge on any atom is 0.341 e. The van der Waals surface area contributed by atoms with E-state index in [4.69, 9.17) is 4.74 Å². The van der Waals surface area contributed by atoms with Gasteiger partial charge in [0.1, 0.15) is 5.00 Å². The zero-order valence-corrected chi connectivity index (χ0v) is 16.3. The Labute approximate surface area is 152 Å². The minimum absolute atomic E-state index is 0.169. The molecule has 1 aromatic heterocycles. The predicted molar refractivity (Wildman–Crippen MR) is 97.9 cm³/mol. The Morgan fingerprint density at radius 2 is 1.80 bits per heavy atom. The number of hydrogen-bond acceptors (Lipinski definition) is 5. The summed E-state index contributed by atoms with van der Waals surface area (Å²) >= 11 is 1.33. The molecular weight excluding hydrogens is 340 g/mol. The van der Waals surface area contributed by atoms with Crippen molar-refractivity contribution in [2.45, 2.75) is 41.0 Å². The number of ether oxygens (including phenoxy) is 1. The molecule has 0 bridgehead atoms. The van der Waals surface area contributed by atoms with Crippen molar-refractivity contribution in [2.75, 3.05) is 25.0 Å². The van der Waals surface area contributed by atoms with Gasteiger partial charge in [0.2, 0.25) is 5.91 Å². The minimum Gasteiger partial charge on any atom is -0.452 e. The predicted octanol–water partition coefficient (Wildman–Crippen LogP) is 2.98. The molecular formula is C18H26N2O4S. The molecule has 2 atom stereocenters. The Morgan fingerprint density at radius 1 is 1.20 bits per heavy atom. The van der Waals surface area contributed by atoms with E-state index in [2.05, 4.69) is 19.2 Å². The number of nitrogens with zero attached hydrogens (tertiary/aromatic N) is 1. The van der Waals surface area contributed by atoms with Crippen LogP contribution in [0.2, 0.25) is 0 Å². The fourth-order valence-corrected chi connectivity index (χ4v) is 4.37. The van der Waals surface area contributed by atoms with Crippen molar-refractivity contribution in [3.63, 3.8) is 0 Å². The number of carbonyl (C=O) groups is 3. The molecule has 0 saturated carbocycles. The van der Waals surface area contributed by atoms with Crippen LogP contribution in [0.1, 0.15) is 48.0 Å². The highest BCUT2D eigenvalue weighted by Gasteiger charge is 2.27. The van der Waals surface area contributed by atoms with Gasteiger partial charge in [-0.05, 0) is 37.7 Å². The molecule has 0 unspecified atom stereocenters.